The highest BCUT2D eigenvalue weighted by molar-refractivity contribution is 7.99. The van der Waals surface area contributed by atoms with E-state index in [1.807, 2.05) is 24.8 Å². The van der Waals surface area contributed by atoms with Crippen LogP contribution in [0.15, 0.2) is 12.1 Å². The number of thioether (sulfide) groups is 1. The predicted molar refractivity (Wildman–Crippen MR) is 72.1 cm³/mol. The topological polar surface area (TPSA) is 21.3 Å². The summed E-state index contributed by atoms with van der Waals surface area (Å²) in [6, 6.07) is 4.49. The van der Waals surface area contributed by atoms with Gasteiger partial charge in [0.2, 0.25) is 0 Å². The first-order valence-electron chi connectivity index (χ1n) is 5.39. The minimum Gasteiger partial charge on any atom is -0.495 e. The number of halogens is 1. The van der Waals surface area contributed by atoms with Gasteiger partial charge in [0.15, 0.2) is 0 Å². The minimum atomic E-state index is 0.555. The number of hydrogen-bond donors (Lipinski definition) is 1. The van der Waals surface area contributed by atoms with Gasteiger partial charge in [0.25, 0.3) is 0 Å². The summed E-state index contributed by atoms with van der Waals surface area (Å²) in [4.78, 5) is 0. The number of hydrogen-bond acceptors (Lipinski definition) is 3. The third-order valence-electron chi connectivity index (χ3n) is 2.77. The Bertz CT molecular complexity index is 378. The van der Waals surface area contributed by atoms with Crippen molar-refractivity contribution >= 4 is 29.1 Å². The van der Waals surface area contributed by atoms with Crippen molar-refractivity contribution in [3.05, 3.63) is 22.7 Å². The van der Waals surface area contributed by atoms with Gasteiger partial charge in [-0.1, -0.05) is 11.6 Å². The number of benzene rings is 1. The standard InChI is InChI=1S/C12H16ClNOS/c1-8-5-11(12(15-2)6-10(8)13)14-9-3-4-16-7-9/h5-6,9,14H,3-4,7H2,1-2H3. The smallest absolute Gasteiger partial charge is 0.143 e. The quantitative estimate of drug-likeness (QED) is 0.895. The molecule has 1 aliphatic heterocycles. The van der Waals surface area contributed by atoms with Crippen LogP contribution in [0.1, 0.15) is 12.0 Å². The maximum Gasteiger partial charge on any atom is 0.143 e. The van der Waals surface area contributed by atoms with Crippen molar-refractivity contribution in [3.8, 4) is 5.75 Å². The SMILES string of the molecule is COc1cc(Cl)c(C)cc1NC1CCSC1. The third-order valence-corrected chi connectivity index (χ3v) is 4.34. The average Bonchev–Trinajstić information content (AvgIpc) is 2.76. The van der Waals surface area contributed by atoms with Crippen molar-refractivity contribution < 1.29 is 4.74 Å². The molecule has 1 atom stereocenters. The van der Waals surface area contributed by atoms with E-state index in [1.54, 1.807) is 7.11 Å². The maximum absolute atomic E-state index is 6.07. The van der Waals surface area contributed by atoms with Crippen LogP contribution in [-0.2, 0) is 0 Å². The van der Waals surface area contributed by atoms with E-state index in [0.717, 1.165) is 22.0 Å². The Kier molecular flexibility index (Phi) is 3.87. The summed E-state index contributed by atoms with van der Waals surface area (Å²) in [6.07, 6.45) is 1.22. The molecule has 0 aromatic heterocycles. The lowest BCUT2D eigenvalue weighted by atomic mass is 10.1. The summed E-state index contributed by atoms with van der Waals surface area (Å²) in [7, 11) is 1.68. The fraction of sp³-hybridized carbons (Fsp3) is 0.500. The Morgan fingerprint density at radius 2 is 2.31 bits per heavy atom. The van der Waals surface area contributed by atoms with E-state index in [2.05, 4.69) is 11.4 Å². The van der Waals surface area contributed by atoms with Crippen molar-refractivity contribution in [3.63, 3.8) is 0 Å². The van der Waals surface area contributed by atoms with Crippen LogP contribution in [0.25, 0.3) is 0 Å². The molecule has 2 rings (SSSR count). The van der Waals surface area contributed by atoms with E-state index in [-0.39, 0.29) is 0 Å². The van der Waals surface area contributed by atoms with Gasteiger partial charge in [0.05, 0.1) is 12.8 Å². The molecule has 1 aromatic carbocycles. The van der Waals surface area contributed by atoms with Crippen LogP contribution < -0.4 is 10.1 Å². The molecule has 1 aromatic rings. The molecule has 1 aliphatic rings. The molecule has 1 N–H and O–H groups in total. The number of nitrogens with one attached hydrogen (secondary N) is 1. The first-order valence-corrected chi connectivity index (χ1v) is 6.92. The second-order valence-electron chi connectivity index (χ2n) is 4.01. The molecule has 4 heteroatoms. The summed E-state index contributed by atoms with van der Waals surface area (Å²) in [5.41, 5.74) is 2.13. The minimum absolute atomic E-state index is 0.555. The van der Waals surface area contributed by atoms with Crippen LogP contribution in [0.5, 0.6) is 5.75 Å². The summed E-state index contributed by atoms with van der Waals surface area (Å²) < 4.78 is 5.34. The maximum atomic E-state index is 6.07. The van der Waals surface area contributed by atoms with Gasteiger partial charge in [-0.25, -0.2) is 0 Å². The molecule has 0 amide bonds. The second kappa shape index (κ2) is 5.19. The average molecular weight is 258 g/mol. The van der Waals surface area contributed by atoms with Crippen molar-refractivity contribution in [1.82, 2.24) is 0 Å². The van der Waals surface area contributed by atoms with Gasteiger partial charge in [0, 0.05) is 22.9 Å². The van der Waals surface area contributed by atoms with Crippen LogP contribution in [0.2, 0.25) is 5.02 Å². The number of methoxy groups -OCH3 is 1. The highest BCUT2D eigenvalue weighted by Gasteiger charge is 2.17. The Labute approximate surface area is 106 Å². The summed E-state index contributed by atoms with van der Waals surface area (Å²) in [5.74, 6) is 3.24. The van der Waals surface area contributed by atoms with Crippen LogP contribution in [0, 0.1) is 6.92 Å². The van der Waals surface area contributed by atoms with Gasteiger partial charge >= 0.3 is 0 Å². The summed E-state index contributed by atoms with van der Waals surface area (Å²) in [6.45, 7) is 2.01. The van der Waals surface area contributed by atoms with E-state index < -0.39 is 0 Å². The van der Waals surface area contributed by atoms with E-state index in [1.165, 1.54) is 17.9 Å². The van der Waals surface area contributed by atoms with Crippen LogP contribution in [-0.4, -0.2) is 24.7 Å². The molecule has 16 heavy (non-hydrogen) atoms. The normalized spacial score (nSPS) is 19.8. The molecule has 1 heterocycles. The van der Waals surface area contributed by atoms with Gasteiger partial charge < -0.3 is 10.1 Å². The molecule has 2 nitrogen and oxygen atoms in total. The van der Waals surface area contributed by atoms with E-state index in [9.17, 15) is 0 Å². The molecule has 0 aliphatic carbocycles. The van der Waals surface area contributed by atoms with Crippen LogP contribution in [0.4, 0.5) is 5.69 Å². The lowest BCUT2D eigenvalue weighted by molar-refractivity contribution is 0.416. The molecular formula is C12H16ClNOS. The lowest BCUT2D eigenvalue weighted by Crippen LogP contribution is -2.18. The Morgan fingerprint density at radius 1 is 1.50 bits per heavy atom. The highest BCUT2D eigenvalue weighted by Crippen LogP contribution is 2.32. The number of aryl methyl sites for hydroxylation is 1. The van der Waals surface area contributed by atoms with Gasteiger partial charge in [-0.2, -0.15) is 11.8 Å². The second-order valence-corrected chi connectivity index (χ2v) is 5.56. The molecular weight excluding hydrogens is 242 g/mol. The Hall–Kier alpha value is -0.540. The van der Waals surface area contributed by atoms with Crippen molar-refractivity contribution in [2.45, 2.75) is 19.4 Å². The molecule has 1 fully saturated rings. The highest BCUT2D eigenvalue weighted by atomic mass is 35.5. The Balaban J connectivity index is 2.20. The zero-order chi connectivity index (χ0) is 11.5. The zero-order valence-electron chi connectivity index (χ0n) is 9.55. The molecule has 1 unspecified atom stereocenters. The zero-order valence-corrected chi connectivity index (χ0v) is 11.1. The van der Waals surface area contributed by atoms with Crippen molar-refractivity contribution in [2.75, 3.05) is 23.9 Å². The van der Waals surface area contributed by atoms with Gasteiger partial charge in [-0.3, -0.25) is 0 Å². The molecule has 0 saturated carbocycles. The first kappa shape index (κ1) is 11.9. The lowest BCUT2D eigenvalue weighted by Gasteiger charge is -2.17. The predicted octanol–water partition coefficient (Wildman–Crippen LogP) is 3.57. The van der Waals surface area contributed by atoms with E-state index >= 15 is 0 Å². The van der Waals surface area contributed by atoms with Crippen molar-refractivity contribution in [2.24, 2.45) is 0 Å². The third kappa shape index (κ3) is 2.58. The number of rotatable bonds is 3. The van der Waals surface area contributed by atoms with Gasteiger partial charge in [0.1, 0.15) is 5.75 Å². The van der Waals surface area contributed by atoms with E-state index in [0.29, 0.717) is 6.04 Å². The fourth-order valence-electron chi connectivity index (χ4n) is 1.81. The molecule has 88 valence electrons. The first-order chi connectivity index (χ1) is 7.70. The molecule has 0 radical (unpaired) electrons. The number of anilines is 1. The fourth-order valence-corrected chi connectivity index (χ4v) is 3.12. The Morgan fingerprint density at radius 3 is 2.94 bits per heavy atom. The van der Waals surface area contributed by atoms with Crippen molar-refractivity contribution in [1.29, 1.82) is 0 Å². The largest absolute Gasteiger partial charge is 0.495 e. The summed E-state index contributed by atoms with van der Waals surface area (Å²) in [5, 5.41) is 4.28. The summed E-state index contributed by atoms with van der Waals surface area (Å²) >= 11 is 8.06. The van der Waals surface area contributed by atoms with Crippen LogP contribution in [0.3, 0.4) is 0 Å². The van der Waals surface area contributed by atoms with Crippen LogP contribution >= 0.6 is 23.4 Å². The van der Waals surface area contributed by atoms with E-state index in [4.69, 9.17) is 16.3 Å². The van der Waals surface area contributed by atoms with Gasteiger partial charge in [-0.15, -0.1) is 0 Å². The molecule has 0 spiro atoms. The number of ether oxygens (including phenoxy) is 1. The molecule has 1 saturated heterocycles. The van der Waals surface area contributed by atoms with Gasteiger partial charge in [-0.05, 0) is 30.7 Å². The monoisotopic (exact) mass is 257 g/mol. The molecule has 0 bridgehead atoms.